The second kappa shape index (κ2) is 5.63. The molecule has 1 fully saturated rings. The lowest BCUT2D eigenvalue weighted by Crippen LogP contribution is -2.31. The van der Waals surface area contributed by atoms with Crippen molar-refractivity contribution in [1.82, 2.24) is 15.1 Å². The van der Waals surface area contributed by atoms with Crippen molar-refractivity contribution in [3.63, 3.8) is 0 Å². The van der Waals surface area contributed by atoms with Gasteiger partial charge < -0.3 is 11.1 Å². The number of rotatable bonds is 3. The summed E-state index contributed by atoms with van der Waals surface area (Å²) in [5.74, 6) is 0.657. The van der Waals surface area contributed by atoms with Gasteiger partial charge in [0.2, 0.25) is 0 Å². The zero-order valence-electron chi connectivity index (χ0n) is 12.0. The van der Waals surface area contributed by atoms with E-state index in [-0.39, 0.29) is 0 Å². The minimum atomic E-state index is 0.611. The molecule has 1 aromatic rings. The molecule has 19 heavy (non-hydrogen) atoms. The van der Waals surface area contributed by atoms with Gasteiger partial charge in [0.25, 0.3) is 0 Å². The summed E-state index contributed by atoms with van der Waals surface area (Å²) in [6.07, 6.45) is 7.36. The van der Waals surface area contributed by atoms with Gasteiger partial charge in [0.1, 0.15) is 0 Å². The van der Waals surface area contributed by atoms with Gasteiger partial charge in [0.05, 0.1) is 11.7 Å². The van der Waals surface area contributed by atoms with Gasteiger partial charge in [-0.2, -0.15) is 5.10 Å². The van der Waals surface area contributed by atoms with Crippen LogP contribution < -0.4 is 11.1 Å². The molecule has 1 aromatic heterocycles. The van der Waals surface area contributed by atoms with Crippen LogP contribution in [0.1, 0.15) is 61.0 Å². The molecule has 0 bridgehead atoms. The normalized spacial score (nSPS) is 24.4. The van der Waals surface area contributed by atoms with E-state index in [0.717, 1.165) is 26.1 Å². The van der Waals surface area contributed by atoms with Crippen LogP contribution in [0.15, 0.2) is 0 Å². The van der Waals surface area contributed by atoms with Crippen molar-refractivity contribution in [2.24, 2.45) is 5.73 Å². The lowest BCUT2D eigenvalue weighted by atomic mass is 9.83. The molecule has 1 aliphatic carbocycles. The standard InChI is InChI=1S/C15H26N4/c1-11-15-12(5-8-16)3-2-4-14(15)19(18-11)13-6-9-17-10-7-13/h12-13,17H,2-10,16H2,1H3. The summed E-state index contributed by atoms with van der Waals surface area (Å²) < 4.78 is 2.37. The van der Waals surface area contributed by atoms with Crippen molar-refractivity contribution in [1.29, 1.82) is 0 Å². The van der Waals surface area contributed by atoms with Crippen LogP contribution in [0.25, 0.3) is 0 Å². The molecular formula is C15H26N4. The number of nitrogens with zero attached hydrogens (tertiary/aromatic N) is 2. The monoisotopic (exact) mass is 262 g/mol. The molecule has 4 heteroatoms. The minimum absolute atomic E-state index is 0.611. The fraction of sp³-hybridized carbons (Fsp3) is 0.800. The summed E-state index contributed by atoms with van der Waals surface area (Å²) in [6.45, 7) is 5.24. The highest BCUT2D eigenvalue weighted by atomic mass is 15.3. The first kappa shape index (κ1) is 13.1. The highest BCUT2D eigenvalue weighted by Crippen LogP contribution is 2.37. The third kappa shape index (κ3) is 2.43. The van der Waals surface area contributed by atoms with Gasteiger partial charge in [0, 0.05) is 5.69 Å². The van der Waals surface area contributed by atoms with Crippen LogP contribution in [-0.2, 0) is 6.42 Å². The molecule has 0 radical (unpaired) electrons. The third-order valence-electron chi connectivity index (χ3n) is 4.78. The molecule has 3 rings (SSSR count). The van der Waals surface area contributed by atoms with E-state index < -0.39 is 0 Å². The van der Waals surface area contributed by atoms with Gasteiger partial charge in [-0.1, -0.05) is 0 Å². The quantitative estimate of drug-likeness (QED) is 0.874. The molecule has 1 unspecified atom stereocenters. The maximum Gasteiger partial charge on any atom is 0.0631 e. The van der Waals surface area contributed by atoms with Crippen molar-refractivity contribution < 1.29 is 0 Å². The first-order valence-electron chi connectivity index (χ1n) is 7.80. The van der Waals surface area contributed by atoms with E-state index in [1.54, 1.807) is 0 Å². The predicted octanol–water partition coefficient (Wildman–Crippen LogP) is 1.88. The van der Waals surface area contributed by atoms with Gasteiger partial charge in [-0.25, -0.2) is 0 Å². The zero-order valence-corrected chi connectivity index (χ0v) is 12.0. The Labute approximate surface area is 115 Å². The molecule has 1 atom stereocenters. The van der Waals surface area contributed by atoms with Crippen LogP contribution in [0, 0.1) is 6.92 Å². The summed E-state index contributed by atoms with van der Waals surface area (Å²) in [7, 11) is 0. The third-order valence-corrected chi connectivity index (χ3v) is 4.78. The fourth-order valence-electron chi connectivity index (χ4n) is 3.89. The maximum atomic E-state index is 5.78. The number of fused-ring (bicyclic) bond motifs is 1. The van der Waals surface area contributed by atoms with E-state index >= 15 is 0 Å². The molecule has 0 spiro atoms. The molecule has 1 aliphatic heterocycles. The van der Waals surface area contributed by atoms with Crippen LogP contribution in [0.5, 0.6) is 0 Å². The van der Waals surface area contributed by atoms with Crippen molar-refractivity contribution >= 4 is 0 Å². The van der Waals surface area contributed by atoms with Crippen LogP contribution >= 0.6 is 0 Å². The molecule has 106 valence electrons. The first-order chi connectivity index (χ1) is 9.31. The smallest absolute Gasteiger partial charge is 0.0631 e. The van der Waals surface area contributed by atoms with E-state index in [1.807, 2.05) is 0 Å². The molecular weight excluding hydrogens is 236 g/mol. The van der Waals surface area contributed by atoms with E-state index in [9.17, 15) is 0 Å². The van der Waals surface area contributed by atoms with Gasteiger partial charge in [-0.05, 0) is 76.6 Å². The molecule has 0 saturated carbocycles. The molecule has 3 N–H and O–H groups in total. The fourth-order valence-corrected chi connectivity index (χ4v) is 3.89. The van der Waals surface area contributed by atoms with Crippen molar-refractivity contribution in [3.05, 3.63) is 17.0 Å². The molecule has 0 aromatic carbocycles. The lowest BCUT2D eigenvalue weighted by molar-refractivity contribution is 0.330. The van der Waals surface area contributed by atoms with Crippen molar-refractivity contribution in [2.45, 2.75) is 57.4 Å². The van der Waals surface area contributed by atoms with Crippen LogP contribution in [0.2, 0.25) is 0 Å². The molecule has 2 aliphatic rings. The molecule has 4 nitrogen and oxygen atoms in total. The van der Waals surface area contributed by atoms with Gasteiger partial charge >= 0.3 is 0 Å². The second-order valence-corrected chi connectivity index (χ2v) is 6.04. The van der Waals surface area contributed by atoms with Crippen LogP contribution in [0.3, 0.4) is 0 Å². The summed E-state index contributed by atoms with van der Waals surface area (Å²) in [4.78, 5) is 0. The average Bonchev–Trinajstić information content (AvgIpc) is 2.79. The molecule has 1 saturated heterocycles. The number of hydrogen-bond acceptors (Lipinski definition) is 3. The zero-order chi connectivity index (χ0) is 13.2. The lowest BCUT2D eigenvalue weighted by Gasteiger charge is -2.28. The van der Waals surface area contributed by atoms with Gasteiger partial charge in [0.15, 0.2) is 0 Å². The van der Waals surface area contributed by atoms with Crippen molar-refractivity contribution in [3.8, 4) is 0 Å². The Hall–Kier alpha value is -0.870. The Balaban J connectivity index is 1.92. The largest absolute Gasteiger partial charge is 0.330 e. The number of nitrogens with one attached hydrogen (secondary N) is 1. The average molecular weight is 262 g/mol. The number of hydrogen-bond donors (Lipinski definition) is 2. The Kier molecular flexibility index (Phi) is 3.89. The molecule has 0 amide bonds. The minimum Gasteiger partial charge on any atom is -0.330 e. The van der Waals surface area contributed by atoms with Gasteiger partial charge in [-0.15, -0.1) is 0 Å². The van der Waals surface area contributed by atoms with E-state index in [1.165, 1.54) is 49.1 Å². The number of piperidine rings is 1. The second-order valence-electron chi connectivity index (χ2n) is 6.04. The Morgan fingerprint density at radius 2 is 2.11 bits per heavy atom. The number of nitrogens with two attached hydrogens (primary N) is 1. The van der Waals surface area contributed by atoms with E-state index in [4.69, 9.17) is 10.8 Å². The summed E-state index contributed by atoms with van der Waals surface area (Å²) in [5.41, 5.74) is 10.1. The van der Waals surface area contributed by atoms with Crippen LogP contribution in [-0.4, -0.2) is 29.4 Å². The summed E-state index contributed by atoms with van der Waals surface area (Å²) in [5, 5.41) is 8.34. The number of aryl methyl sites for hydroxylation is 1. The van der Waals surface area contributed by atoms with Crippen molar-refractivity contribution in [2.75, 3.05) is 19.6 Å². The molecule has 2 heterocycles. The predicted molar refractivity (Wildman–Crippen MR) is 77.5 cm³/mol. The topological polar surface area (TPSA) is 55.9 Å². The first-order valence-corrected chi connectivity index (χ1v) is 7.80. The van der Waals surface area contributed by atoms with E-state index in [0.29, 0.717) is 12.0 Å². The van der Waals surface area contributed by atoms with Crippen LogP contribution in [0.4, 0.5) is 0 Å². The maximum absolute atomic E-state index is 5.78. The Bertz CT molecular complexity index is 432. The highest BCUT2D eigenvalue weighted by molar-refractivity contribution is 5.32. The number of aromatic nitrogens is 2. The summed E-state index contributed by atoms with van der Waals surface area (Å²) >= 11 is 0. The Morgan fingerprint density at radius 3 is 2.84 bits per heavy atom. The van der Waals surface area contributed by atoms with Gasteiger partial charge in [-0.3, -0.25) is 4.68 Å². The van der Waals surface area contributed by atoms with E-state index in [2.05, 4.69) is 16.9 Å². The SMILES string of the molecule is Cc1nn(C2CCNCC2)c2c1C(CCN)CCC2. The Morgan fingerprint density at radius 1 is 1.32 bits per heavy atom. The highest BCUT2D eigenvalue weighted by Gasteiger charge is 2.29. The summed E-state index contributed by atoms with van der Waals surface area (Å²) in [6, 6.07) is 0.611.